The van der Waals surface area contributed by atoms with Crippen molar-refractivity contribution in [2.24, 2.45) is 0 Å². The number of hydrogen-bond acceptors (Lipinski definition) is 5. The van der Waals surface area contributed by atoms with Crippen molar-refractivity contribution in [2.75, 3.05) is 4.72 Å². The summed E-state index contributed by atoms with van der Waals surface area (Å²) >= 11 is 0. The molecule has 0 atom stereocenters. The number of halogens is 2. The summed E-state index contributed by atoms with van der Waals surface area (Å²) in [7, 11) is -4.12. The molecule has 120 valence electrons. The Morgan fingerprint density at radius 3 is 2.57 bits per heavy atom. The van der Waals surface area contributed by atoms with E-state index in [2.05, 4.69) is 9.88 Å². The van der Waals surface area contributed by atoms with Gasteiger partial charge in [-0.2, -0.15) is 0 Å². The van der Waals surface area contributed by atoms with E-state index in [1.807, 2.05) is 0 Å². The van der Waals surface area contributed by atoms with Gasteiger partial charge in [0.05, 0.1) is 11.9 Å². The first-order valence-corrected chi connectivity index (χ1v) is 7.84. The van der Waals surface area contributed by atoms with Gasteiger partial charge >= 0.3 is 0 Å². The lowest BCUT2D eigenvalue weighted by atomic mass is 10.3. The van der Waals surface area contributed by atoms with E-state index in [-0.39, 0.29) is 27.9 Å². The maximum Gasteiger partial charge on any atom is 0.265 e. The van der Waals surface area contributed by atoms with Gasteiger partial charge < -0.3 is 8.94 Å². The molecule has 3 aromatic rings. The van der Waals surface area contributed by atoms with Gasteiger partial charge in [0.15, 0.2) is 5.76 Å². The number of rotatable bonds is 4. The highest BCUT2D eigenvalue weighted by Crippen LogP contribution is 2.29. The van der Waals surface area contributed by atoms with E-state index in [1.165, 1.54) is 25.3 Å². The molecule has 1 N–H and O–H groups in total. The minimum absolute atomic E-state index is 0.0893. The van der Waals surface area contributed by atoms with Gasteiger partial charge in [0, 0.05) is 18.2 Å². The first-order valence-electron chi connectivity index (χ1n) is 6.36. The van der Waals surface area contributed by atoms with Gasteiger partial charge in [-0.3, -0.25) is 4.72 Å². The zero-order chi connectivity index (χ0) is 16.6. The zero-order valence-corrected chi connectivity index (χ0v) is 12.5. The molecule has 2 aromatic heterocycles. The van der Waals surface area contributed by atoms with Crippen molar-refractivity contribution in [1.82, 2.24) is 5.16 Å². The van der Waals surface area contributed by atoms with Crippen LogP contribution in [0.15, 0.2) is 50.4 Å². The van der Waals surface area contributed by atoms with E-state index in [4.69, 9.17) is 8.94 Å². The Labute approximate surface area is 129 Å². The second kappa shape index (κ2) is 5.51. The van der Waals surface area contributed by atoms with E-state index in [0.717, 1.165) is 12.1 Å². The summed E-state index contributed by atoms with van der Waals surface area (Å²) in [6.07, 6.45) is 1.38. The van der Waals surface area contributed by atoms with E-state index in [1.54, 1.807) is 0 Å². The molecule has 3 rings (SSSR count). The molecule has 1 aromatic carbocycles. The average molecular weight is 340 g/mol. The maximum atomic E-state index is 13.6. The summed E-state index contributed by atoms with van der Waals surface area (Å²) in [5, 5.41) is 3.50. The van der Waals surface area contributed by atoms with Crippen molar-refractivity contribution in [3.63, 3.8) is 0 Å². The van der Waals surface area contributed by atoms with Crippen LogP contribution in [-0.4, -0.2) is 13.6 Å². The van der Waals surface area contributed by atoms with Crippen LogP contribution in [0.1, 0.15) is 5.76 Å². The van der Waals surface area contributed by atoms with Crippen molar-refractivity contribution >= 4 is 15.7 Å². The average Bonchev–Trinajstić information content (AvgIpc) is 3.11. The van der Waals surface area contributed by atoms with E-state index >= 15 is 0 Å². The van der Waals surface area contributed by atoms with Gasteiger partial charge in [0.1, 0.15) is 22.3 Å². The largest absolute Gasteiger partial charge is 0.456 e. The van der Waals surface area contributed by atoms with Crippen LogP contribution in [0.3, 0.4) is 0 Å². The molecular weight excluding hydrogens is 330 g/mol. The van der Waals surface area contributed by atoms with Gasteiger partial charge in [0.25, 0.3) is 10.0 Å². The van der Waals surface area contributed by atoms with Crippen LogP contribution >= 0.6 is 0 Å². The highest BCUT2D eigenvalue weighted by Gasteiger charge is 2.24. The third-order valence-electron chi connectivity index (χ3n) is 3.02. The molecule has 0 saturated heterocycles. The molecule has 0 aliphatic rings. The van der Waals surface area contributed by atoms with Gasteiger partial charge in [0.2, 0.25) is 5.76 Å². The molecule has 2 heterocycles. The molecular formula is C14H10F2N2O4S. The Hall–Kier alpha value is -2.68. The molecule has 0 aliphatic heterocycles. The minimum atomic E-state index is -4.12. The standard InChI is InChI=1S/C14H10F2N2O4S/c1-8-14(7-13(21-8)12-4-5-17-22-12)23(19,20)18-11-3-2-9(15)6-10(11)16/h2-7,18H,1H3. The predicted molar refractivity (Wildman–Crippen MR) is 76.1 cm³/mol. The number of sulfonamides is 1. The lowest BCUT2D eigenvalue weighted by Crippen LogP contribution is -2.14. The Balaban J connectivity index is 1.97. The monoisotopic (exact) mass is 340 g/mol. The molecule has 23 heavy (non-hydrogen) atoms. The molecule has 0 radical (unpaired) electrons. The van der Waals surface area contributed by atoms with Crippen LogP contribution in [0.4, 0.5) is 14.5 Å². The number of furan rings is 1. The molecule has 0 unspecified atom stereocenters. The number of hydrogen-bond donors (Lipinski definition) is 1. The van der Waals surface area contributed by atoms with Crippen LogP contribution in [0, 0.1) is 18.6 Å². The summed E-state index contributed by atoms with van der Waals surface area (Å²) in [5.74, 6) is -1.32. The normalized spacial score (nSPS) is 11.6. The fourth-order valence-electron chi connectivity index (χ4n) is 1.97. The molecule has 9 heteroatoms. The summed E-state index contributed by atoms with van der Waals surface area (Å²) < 4.78 is 63.5. The second-order valence-electron chi connectivity index (χ2n) is 4.64. The first-order chi connectivity index (χ1) is 10.9. The van der Waals surface area contributed by atoms with Gasteiger partial charge in [-0.15, -0.1) is 0 Å². The Morgan fingerprint density at radius 2 is 1.91 bits per heavy atom. The highest BCUT2D eigenvalue weighted by atomic mass is 32.2. The number of nitrogens with one attached hydrogen (secondary N) is 1. The smallest absolute Gasteiger partial charge is 0.265 e. The number of aryl methyl sites for hydroxylation is 1. The summed E-state index contributed by atoms with van der Waals surface area (Å²) in [5.41, 5.74) is -0.367. The molecule has 0 amide bonds. The van der Waals surface area contributed by atoms with Crippen molar-refractivity contribution in [2.45, 2.75) is 11.8 Å². The minimum Gasteiger partial charge on any atom is -0.456 e. The molecule has 0 bridgehead atoms. The number of anilines is 1. The van der Waals surface area contributed by atoms with Crippen LogP contribution in [0.25, 0.3) is 11.5 Å². The third kappa shape index (κ3) is 2.95. The number of benzene rings is 1. The van der Waals surface area contributed by atoms with Gasteiger partial charge in [-0.1, -0.05) is 5.16 Å². The van der Waals surface area contributed by atoms with Crippen molar-refractivity contribution in [3.05, 3.63) is 53.9 Å². The molecule has 0 aliphatic carbocycles. The molecule has 6 nitrogen and oxygen atoms in total. The molecule has 0 spiro atoms. The van der Waals surface area contributed by atoms with E-state index < -0.39 is 21.7 Å². The lowest BCUT2D eigenvalue weighted by molar-refractivity contribution is 0.414. The zero-order valence-electron chi connectivity index (χ0n) is 11.7. The van der Waals surface area contributed by atoms with Crippen molar-refractivity contribution in [3.8, 4) is 11.5 Å². The van der Waals surface area contributed by atoms with E-state index in [0.29, 0.717) is 6.07 Å². The summed E-state index contributed by atoms with van der Waals surface area (Å²) in [6, 6.07) is 5.26. The maximum absolute atomic E-state index is 13.6. The Kier molecular flexibility index (Phi) is 3.64. The van der Waals surface area contributed by atoms with Crippen molar-refractivity contribution in [1.29, 1.82) is 0 Å². The van der Waals surface area contributed by atoms with E-state index in [9.17, 15) is 17.2 Å². The second-order valence-corrected chi connectivity index (χ2v) is 6.29. The fraction of sp³-hybridized carbons (Fsp3) is 0.0714. The van der Waals surface area contributed by atoms with Gasteiger partial charge in [-0.05, 0) is 19.1 Å². The molecule has 0 fully saturated rings. The summed E-state index contributed by atoms with van der Waals surface area (Å²) in [4.78, 5) is -0.187. The SMILES string of the molecule is Cc1oc(-c2ccno2)cc1S(=O)(=O)Nc1ccc(F)cc1F. The number of aromatic nitrogens is 1. The topological polar surface area (TPSA) is 85.3 Å². The quantitative estimate of drug-likeness (QED) is 0.787. The molecule has 0 saturated carbocycles. The number of nitrogens with zero attached hydrogens (tertiary/aromatic N) is 1. The third-order valence-corrected chi connectivity index (χ3v) is 4.49. The fourth-order valence-corrected chi connectivity index (χ4v) is 3.22. The first kappa shape index (κ1) is 15.2. The van der Waals surface area contributed by atoms with Crippen LogP contribution in [0.2, 0.25) is 0 Å². The Bertz CT molecular complexity index is 949. The van der Waals surface area contributed by atoms with Crippen LogP contribution in [-0.2, 0) is 10.0 Å². The predicted octanol–water partition coefficient (Wildman–Crippen LogP) is 3.32. The Morgan fingerprint density at radius 1 is 1.13 bits per heavy atom. The van der Waals surface area contributed by atoms with Crippen LogP contribution in [0.5, 0.6) is 0 Å². The summed E-state index contributed by atoms with van der Waals surface area (Å²) in [6.45, 7) is 1.44. The highest BCUT2D eigenvalue weighted by molar-refractivity contribution is 7.92. The van der Waals surface area contributed by atoms with Crippen LogP contribution < -0.4 is 4.72 Å². The van der Waals surface area contributed by atoms with Crippen molar-refractivity contribution < 1.29 is 26.1 Å². The van der Waals surface area contributed by atoms with Gasteiger partial charge in [-0.25, -0.2) is 17.2 Å². The lowest BCUT2D eigenvalue weighted by Gasteiger charge is -2.07.